The smallest absolute Gasteiger partial charge is 0.425 e. The summed E-state index contributed by atoms with van der Waals surface area (Å²) in [5.41, 5.74) is 5.16. The first-order valence-electron chi connectivity index (χ1n) is 5.57. The van der Waals surface area contributed by atoms with Gasteiger partial charge in [-0.05, 0) is 6.54 Å². The number of ether oxygens (including phenoxy) is 3. The van der Waals surface area contributed by atoms with Gasteiger partial charge >= 0.3 is 6.18 Å². The first kappa shape index (κ1) is 15.4. The fraction of sp³-hybridized carbons (Fsp3) is 0.500. The third kappa shape index (κ3) is 4.51. The second-order valence-electron chi connectivity index (χ2n) is 3.77. The van der Waals surface area contributed by atoms with E-state index in [4.69, 9.17) is 19.9 Å². The molecule has 19 heavy (non-hydrogen) atoms. The molecule has 1 rings (SSSR count). The summed E-state index contributed by atoms with van der Waals surface area (Å²) in [5.74, 6) is 0.720. The number of hydrogen-bond donors (Lipinski definition) is 1. The molecule has 0 heterocycles. The number of rotatable bonds is 6. The predicted octanol–water partition coefficient (Wildman–Crippen LogP) is 2.36. The molecule has 0 aliphatic carbocycles. The topological polar surface area (TPSA) is 53.7 Å². The van der Waals surface area contributed by atoms with E-state index in [0.717, 1.165) is 0 Å². The molecule has 1 atom stereocenters. The van der Waals surface area contributed by atoms with Crippen molar-refractivity contribution in [3.8, 4) is 17.2 Å². The predicted molar refractivity (Wildman–Crippen MR) is 63.7 cm³/mol. The Bertz CT molecular complexity index is 387. The van der Waals surface area contributed by atoms with Crippen molar-refractivity contribution >= 4 is 0 Å². The lowest BCUT2D eigenvalue weighted by atomic mass is 10.2. The summed E-state index contributed by atoms with van der Waals surface area (Å²) >= 11 is 0. The molecule has 7 heteroatoms. The van der Waals surface area contributed by atoms with Crippen molar-refractivity contribution < 1.29 is 27.4 Å². The first-order chi connectivity index (χ1) is 8.90. The van der Waals surface area contributed by atoms with E-state index < -0.39 is 12.3 Å². The molecule has 0 aromatic heterocycles. The van der Waals surface area contributed by atoms with Crippen LogP contribution in [0.25, 0.3) is 0 Å². The summed E-state index contributed by atoms with van der Waals surface area (Å²) in [7, 11) is 2.80. The number of alkyl halides is 3. The van der Waals surface area contributed by atoms with Crippen molar-refractivity contribution in [2.45, 2.75) is 18.7 Å². The number of hydrogen-bond acceptors (Lipinski definition) is 4. The molecule has 0 amide bonds. The highest BCUT2D eigenvalue weighted by molar-refractivity contribution is 5.42. The Morgan fingerprint density at radius 2 is 1.53 bits per heavy atom. The van der Waals surface area contributed by atoms with Crippen LogP contribution in [0.4, 0.5) is 13.2 Å². The van der Waals surface area contributed by atoms with Gasteiger partial charge < -0.3 is 19.9 Å². The Balaban J connectivity index is 2.95. The fourth-order valence-electron chi connectivity index (χ4n) is 1.45. The molecular formula is C12H16F3NO3. The summed E-state index contributed by atoms with van der Waals surface area (Å²) in [6.45, 7) is -0.120. The molecule has 0 radical (unpaired) electrons. The Morgan fingerprint density at radius 1 is 1.05 bits per heavy atom. The highest BCUT2D eigenvalue weighted by Gasteiger charge is 2.41. The summed E-state index contributed by atoms with van der Waals surface area (Å²) < 4.78 is 53.0. The van der Waals surface area contributed by atoms with Crippen LogP contribution >= 0.6 is 0 Å². The monoisotopic (exact) mass is 279 g/mol. The SMILES string of the molecule is COc1cc(OC)cc(OC(CCN)C(F)(F)F)c1. The largest absolute Gasteiger partial charge is 0.496 e. The average Bonchev–Trinajstić information content (AvgIpc) is 2.36. The first-order valence-corrected chi connectivity index (χ1v) is 5.57. The molecule has 1 aromatic carbocycles. The van der Waals surface area contributed by atoms with Gasteiger partial charge in [-0.15, -0.1) is 0 Å². The highest BCUT2D eigenvalue weighted by Crippen LogP contribution is 2.32. The Hall–Kier alpha value is -1.63. The molecule has 1 unspecified atom stereocenters. The minimum absolute atomic E-state index is 0.0203. The molecule has 0 saturated heterocycles. The molecule has 0 aliphatic heterocycles. The number of methoxy groups -OCH3 is 2. The number of halogens is 3. The van der Waals surface area contributed by atoms with Crippen LogP contribution in [0, 0.1) is 0 Å². The molecule has 4 nitrogen and oxygen atoms in total. The van der Waals surface area contributed by atoms with E-state index in [0.29, 0.717) is 11.5 Å². The minimum atomic E-state index is -4.48. The van der Waals surface area contributed by atoms with Crippen LogP contribution in [-0.4, -0.2) is 33.0 Å². The molecule has 0 saturated carbocycles. The van der Waals surface area contributed by atoms with Gasteiger partial charge in [0.15, 0.2) is 6.10 Å². The summed E-state index contributed by atoms with van der Waals surface area (Å²) in [6.07, 6.45) is -6.74. The van der Waals surface area contributed by atoms with E-state index in [1.54, 1.807) is 6.07 Å². The lowest BCUT2D eigenvalue weighted by molar-refractivity contribution is -0.196. The maximum atomic E-state index is 12.7. The molecular weight excluding hydrogens is 263 g/mol. The van der Waals surface area contributed by atoms with Gasteiger partial charge in [0.05, 0.1) is 14.2 Å². The lowest BCUT2D eigenvalue weighted by Crippen LogP contribution is -2.36. The quantitative estimate of drug-likeness (QED) is 0.868. The number of nitrogens with two attached hydrogens (primary N) is 1. The second kappa shape index (κ2) is 6.51. The van der Waals surface area contributed by atoms with Crippen molar-refractivity contribution in [2.75, 3.05) is 20.8 Å². The summed E-state index contributed by atoms with van der Waals surface area (Å²) in [4.78, 5) is 0. The van der Waals surface area contributed by atoms with E-state index in [9.17, 15) is 13.2 Å². The molecule has 0 spiro atoms. The van der Waals surface area contributed by atoms with Gasteiger partial charge in [0, 0.05) is 24.6 Å². The van der Waals surface area contributed by atoms with Crippen LogP contribution in [0.3, 0.4) is 0 Å². The van der Waals surface area contributed by atoms with E-state index in [2.05, 4.69) is 0 Å². The standard InChI is InChI=1S/C12H16F3NO3/c1-17-8-5-9(18-2)7-10(6-8)19-11(3-4-16)12(13,14)15/h5-7,11H,3-4,16H2,1-2H3. The lowest BCUT2D eigenvalue weighted by Gasteiger charge is -2.21. The van der Waals surface area contributed by atoms with Gasteiger partial charge in [-0.25, -0.2) is 0 Å². The normalized spacial score (nSPS) is 12.9. The zero-order valence-electron chi connectivity index (χ0n) is 10.7. The zero-order chi connectivity index (χ0) is 14.5. The molecule has 108 valence electrons. The van der Waals surface area contributed by atoms with Crippen molar-refractivity contribution in [3.05, 3.63) is 18.2 Å². The van der Waals surface area contributed by atoms with Crippen LogP contribution in [-0.2, 0) is 0 Å². The maximum Gasteiger partial charge on any atom is 0.425 e. The van der Waals surface area contributed by atoms with Gasteiger partial charge in [0.2, 0.25) is 0 Å². The highest BCUT2D eigenvalue weighted by atomic mass is 19.4. The van der Waals surface area contributed by atoms with Crippen LogP contribution in [0.15, 0.2) is 18.2 Å². The fourth-order valence-corrected chi connectivity index (χ4v) is 1.45. The molecule has 1 aromatic rings. The van der Waals surface area contributed by atoms with Crippen molar-refractivity contribution in [2.24, 2.45) is 5.73 Å². The molecule has 0 bridgehead atoms. The van der Waals surface area contributed by atoms with Crippen LogP contribution in [0.2, 0.25) is 0 Å². The van der Waals surface area contributed by atoms with Gasteiger partial charge in [0.25, 0.3) is 0 Å². The average molecular weight is 279 g/mol. The number of benzene rings is 1. The van der Waals surface area contributed by atoms with E-state index in [1.165, 1.54) is 26.4 Å². The third-order valence-corrected chi connectivity index (χ3v) is 2.40. The summed E-state index contributed by atoms with van der Waals surface area (Å²) in [6, 6.07) is 4.26. The van der Waals surface area contributed by atoms with E-state index in [-0.39, 0.29) is 18.7 Å². The van der Waals surface area contributed by atoms with Crippen molar-refractivity contribution in [1.82, 2.24) is 0 Å². The van der Waals surface area contributed by atoms with Crippen molar-refractivity contribution in [1.29, 1.82) is 0 Å². The zero-order valence-corrected chi connectivity index (χ0v) is 10.7. The third-order valence-electron chi connectivity index (χ3n) is 2.40. The van der Waals surface area contributed by atoms with E-state index in [1.807, 2.05) is 0 Å². The van der Waals surface area contributed by atoms with Crippen LogP contribution < -0.4 is 19.9 Å². The summed E-state index contributed by atoms with van der Waals surface area (Å²) in [5, 5.41) is 0. The Labute approximate surface area is 109 Å². The van der Waals surface area contributed by atoms with Gasteiger partial charge in [-0.1, -0.05) is 0 Å². The van der Waals surface area contributed by atoms with Crippen LogP contribution in [0.5, 0.6) is 17.2 Å². The molecule has 2 N–H and O–H groups in total. The molecule has 0 fully saturated rings. The second-order valence-corrected chi connectivity index (χ2v) is 3.77. The van der Waals surface area contributed by atoms with Crippen molar-refractivity contribution in [3.63, 3.8) is 0 Å². The Morgan fingerprint density at radius 3 is 1.89 bits per heavy atom. The van der Waals surface area contributed by atoms with Gasteiger partial charge in [-0.2, -0.15) is 13.2 Å². The minimum Gasteiger partial charge on any atom is -0.496 e. The van der Waals surface area contributed by atoms with E-state index >= 15 is 0 Å². The van der Waals surface area contributed by atoms with Gasteiger partial charge in [-0.3, -0.25) is 0 Å². The van der Waals surface area contributed by atoms with Gasteiger partial charge in [0.1, 0.15) is 17.2 Å². The molecule has 0 aliphatic rings. The van der Waals surface area contributed by atoms with Crippen LogP contribution in [0.1, 0.15) is 6.42 Å². The maximum absolute atomic E-state index is 12.7. The Kier molecular flexibility index (Phi) is 5.29.